The molecule has 0 fully saturated rings. The summed E-state index contributed by atoms with van der Waals surface area (Å²) in [6.07, 6.45) is 1.01. The third-order valence-electron chi connectivity index (χ3n) is 9.02. The van der Waals surface area contributed by atoms with E-state index < -0.39 is 0 Å². The topological polar surface area (TPSA) is 37.3 Å². The summed E-state index contributed by atoms with van der Waals surface area (Å²) in [5.41, 5.74) is 1.60. The van der Waals surface area contributed by atoms with Gasteiger partial charge < -0.3 is 5.11 Å². The van der Waals surface area contributed by atoms with Crippen LogP contribution in [-0.2, 0) is 6.61 Å². The molecule has 1 N–H and O–H groups in total. The van der Waals surface area contributed by atoms with Gasteiger partial charge in [0.25, 0.3) is 0 Å². The lowest BCUT2D eigenvalue weighted by molar-refractivity contribution is 0.112. The van der Waals surface area contributed by atoms with Gasteiger partial charge in [0.1, 0.15) is 0 Å². The Morgan fingerprint density at radius 2 is 1.10 bits per heavy atom. The van der Waals surface area contributed by atoms with Crippen LogP contribution in [-0.4, -0.2) is 11.4 Å². The summed E-state index contributed by atoms with van der Waals surface area (Å²) in [5, 5.41) is 28.7. The van der Waals surface area contributed by atoms with Gasteiger partial charge >= 0.3 is 0 Å². The molecule has 0 aromatic heterocycles. The highest BCUT2D eigenvalue weighted by Crippen LogP contribution is 2.51. The van der Waals surface area contributed by atoms with Crippen molar-refractivity contribution in [3.05, 3.63) is 118 Å². The molecular weight excluding hydrogens is 615 g/mol. The first-order valence-corrected chi connectivity index (χ1v) is 14.8. The first-order valence-electron chi connectivity index (χ1n) is 13.8. The van der Waals surface area contributed by atoms with Crippen molar-refractivity contribution < 1.29 is 9.90 Å². The van der Waals surface area contributed by atoms with Crippen LogP contribution >= 0.6 is 22.6 Å². The van der Waals surface area contributed by atoms with Crippen LogP contribution < -0.4 is 0 Å². The highest BCUT2D eigenvalue weighted by atomic mass is 127. The van der Waals surface area contributed by atoms with Crippen LogP contribution in [0.5, 0.6) is 0 Å². The molecule has 0 aliphatic heterocycles. The maximum absolute atomic E-state index is 12.7. The fourth-order valence-electron chi connectivity index (χ4n) is 7.34. The highest BCUT2D eigenvalue weighted by Gasteiger charge is 2.24. The first kappa shape index (κ1) is 23.4. The molecular formula is C38H21IO2. The van der Waals surface area contributed by atoms with E-state index in [9.17, 15) is 9.90 Å². The molecule has 0 atom stereocenters. The van der Waals surface area contributed by atoms with E-state index in [0.29, 0.717) is 5.56 Å². The van der Waals surface area contributed by atoms with Crippen molar-refractivity contribution >= 4 is 115 Å². The largest absolute Gasteiger partial charge is 0.392 e. The molecule has 9 aromatic carbocycles. The van der Waals surface area contributed by atoms with Crippen LogP contribution in [0.15, 0.2) is 103 Å². The zero-order valence-corrected chi connectivity index (χ0v) is 24.0. The average Bonchev–Trinajstić information content (AvgIpc) is 3.03. The molecule has 0 spiro atoms. The summed E-state index contributed by atoms with van der Waals surface area (Å²) in [6.45, 7) is -0.0166. The van der Waals surface area contributed by atoms with E-state index in [4.69, 9.17) is 0 Å². The van der Waals surface area contributed by atoms with Gasteiger partial charge in [0.2, 0.25) is 0 Å². The second-order valence-corrected chi connectivity index (χ2v) is 12.0. The summed E-state index contributed by atoms with van der Waals surface area (Å²) < 4.78 is 1.22. The molecule has 0 bridgehead atoms. The predicted octanol–water partition coefficient (Wildman–Crippen LogP) is 10.3. The van der Waals surface area contributed by atoms with Crippen LogP contribution in [0.2, 0.25) is 0 Å². The van der Waals surface area contributed by atoms with Gasteiger partial charge in [-0.05, 0) is 104 Å². The Balaban J connectivity index is 1.79. The molecule has 192 valence electrons. The monoisotopic (exact) mass is 636 g/mol. The Kier molecular flexibility index (Phi) is 4.76. The minimum Gasteiger partial charge on any atom is -0.392 e. The van der Waals surface area contributed by atoms with Gasteiger partial charge in [-0.15, -0.1) is 0 Å². The van der Waals surface area contributed by atoms with E-state index >= 15 is 0 Å². The van der Waals surface area contributed by atoms with E-state index in [0.717, 1.165) is 54.9 Å². The lowest BCUT2D eigenvalue weighted by Crippen LogP contribution is -1.96. The molecule has 0 heterocycles. The van der Waals surface area contributed by atoms with Crippen molar-refractivity contribution in [1.82, 2.24) is 0 Å². The minimum absolute atomic E-state index is 0.0166. The number of aliphatic hydroxyl groups is 1. The summed E-state index contributed by atoms with van der Waals surface area (Å²) in [7, 11) is 0. The van der Waals surface area contributed by atoms with E-state index in [1.807, 2.05) is 12.1 Å². The fourth-order valence-corrected chi connectivity index (χ4v) is 8.35. The van der Waals surface area contributed by atoms with Crippen LogP contribution in [0, 0.1) is 3.57 Å². The summed E-state index contributed by atoms with van der Waals surface area (Å²) in [5.74, 6) is 0. The quantitative estimate of drug-likeness (QED) is 0.0888. The second-order valence-electron chi connectivity index (χ2n) is 11.0. The maximum atomic E-state index is 12.7. The number of aliphatic hydroxyl groups excluding tert-OH is 1. The number of benzene rings is 9. The van der Waals surface area contributed by atoms with Gasteiger partial charge in [-0.1, -0.05) is 97.1 Å². The Labute approximate surface area is 248 Å². The maximum Gasteiger partial charge on any atom is 0.150 e. The Bertz CT molecular complexity index is 2600. The summed E-state index contributed by atoms with van der Waals surface area (Å²) in [6, 6.07) is 36.4. The lowest BCUT2D eigenvalue weighted by Gasteiger charge is -2.22. The standard InChI is InChI=1S/C38H21IO2/c39-38-29-8-4-2-6-25(29)28-16-14-22-11-12-23(19-41)32-31(22)35(28)37(38)36-33-27(24-5-1-3-7-26(24)34(32)36)15-13-21-10-9-20(18-40)17-30(21)33/h1-17,19,40H,18H2. The second kappa shape index (κ2) is 8.35. The van der Waals surface area contributed by atoms with Crippen molar-refractivity contribution in [1.29, 1.82) is 0 Å². The molecule has 0 amide bonds. The molecule has 0 saturated carbocycles. The van der Waals surface area contributed by atoms with E-state index in [1.165, 1.54) is 46.7 Å². The molecule has 0 unspecified atom stereocenters. The van der Waals surface area contributed by atoms with Crippen LogP contribution in [0.4, 0.5) is 0 Å². The van der Waals surface area contributed by atoms with Gasteiger partial charge in [0.05, 0.1) is 6.61 Å². The molecule has 0 saturated heterocycles. The average molecular weight is 636 g/mol. The van der Waals surface area contributed by atoms with Gasteiger partial charge in [0, 0.05) is 25.3 Å². The molecule has 9 rings (SSSR count). The van der Waals surface area contributed by atoms with Gasteiger partial charge in [0.15, 0.2) is 6.29 Å². The van der Waals surface area contributed by atoms with Crippen molar-refractivity contribution in [3.8, 4) is 0 Å². The van der Waals surface area contributed by atoms with Crippen molar-refractivity contribution in [2.24, 2.45) is 0 Å². The number of carbonyl (C=O) groups is 1. The Morgan fingerprint density at radius 3 is 1.85 bits per heavy atom. The molecule has 3 heteroatoms. The van der Waals surface area contributed by atoms with Gasteiger partial charge in [-0.25, -0.2) is 0 Å². The van der Waals surface area contributed by atoms with Crippen LogP contribution in [0.25, 0.3) is 86.2 Å². The molecule has 0 radical (unpaired) electrons. The Morgan fingerprint density at radius 1 is 0.512 bits per heavy atom. The molecule has 0 aliphatic rings. The van der Waals surface area contributed by atoms with E-state index in [-0.39, 0.29) is 6.61 Å². The van der Waals surface area contributed by atoms with Gasteiger partial charge in [-0.2, -0.15) is 0 Å². The summed E-state index contributed by atoms with van der Waals surface area (Å²) in [4.78, 5) is 12.7. The van der Waals surface area contributed by atoms with Crippen LogP contribution in [0.1, 0.15) is 15.9 Å². The molecule has 2 nitrogen and oxygen atoms in total. The number of hydrogen-bond acceptors (Lipinski definition) is 2. The number of fused-ring (bicyclic) bond motifs is 12. The normalized spacial score (nSPS) is 12.3. The molecule has 0 aliphatic carbocycles. The smallest absolute Gasteiger partial charge is 0.150 e. The van der Waals surface area contributed by atoms with Crippen molar-refractivity contribution in [2.45, 2.75) is 6.61 Å². The van der Waals surface area contributed by atoms with E-state index in [1.54, 1.807) is 0 Å². The fraction of sp³-hybridized carbons (Fsp3) is 0.0263. The SMILES string of the molecule is O=Cc1ccc2ccc3c4ccccc4c(I)c4c3c2c1c1c2ccccc2c2ccc3ccc(CO)cc3c2c41. The number of rotatable bonds is 2. The number of hydrogen-bond donors (Lipinski definition) is 1. The molecule has 41 heavy (non-hydrogen) atoms. The summed E-state index contributed by atoms with van der Waals surface area (Å²) >= 11 is 2.55. The van der Waals surface area contributed by atoms with Crippen LogP contribution in [0.3, 0.4) is 0 Å². The van der Waals surface area contributed by atoms with Crippen molar-refractivity contribution in [2.75, 3.05) is 0 Å². The first-order chi connectivity index (χ1) is 20.2. The van der Waals surface area contributed by atoms with Crippen molar-refractivity contribution in [3.63, 3.8) is 0 Å². The minimum atomic E-state index is -0.0166. The predicted molar refractivity (Wildman–Crippen MR) is 182 cm³/mol. The van der Waals surface area contributed by atoms with E-state index in [2.05, 4.69) is 114 Å². The third kappa shape index (κ3) is 2.92. The number of carbonyl (C=O) groups excluding carboxylic acids is 1. The van der Waals surface area contributed by atoms with Gasteiger partial charge in [-0.3, -0.25) is 4.79 Å². The highest BCUT2D eigenvalue weighted by molar-refractivity contribution is 14.1. The molecule has 9 aromatic rings. The lowest BCUT2D eigenvalue weighted by atomic mass is 9.81. The Hall–Kier alpha value is -4.32. The zero-order chi connectivity index (χ0) is 27.4. The zero-order valence-electron chi connectivity index (χ0n) is 21.8. The number of aldehydes is 1. The third-order valence-corrected chi connectivity index (χ3v) is 10.1. The number of halogens is 1.